The topological polar surface area (TPSA) is 38.1 Å². The average molecular weight is 347 g/mol. The van der Waals surface area contributed by atoms with Crippen LogP contribution in [0.15, 0.2) is 59.1 Å². The molecule has 3 aromatic rings. The molecule has 5 heteroatoms. The van der Waals surface area contributed by atoms with Gasteiger partial charge in [-0.2, -0.15) is 0 Å². The van der Waals surface area contributed by atoms with E-state index in [9.17, 15) is 0 Å². The van der Waals surface area contributed by atoms with Crippen LogP contribution >= 0.6 is 23.2 Å². The van der Waals surface area contributed by atoms with Crippen molar-refractivity contribution in [1.82, 2.24) is 10.3 Å². The second-order valence-corrected chi connectivity index (χ2v) is 6.16. The van der Waals surface area contributed by atoms with Crippen LogP contribution in [-0.4, -0.2) is 4.98 Å². The largest absolute Gasteiger partial charge is 0.439 e. The highest BCUT2D eigenvalue weighted by molar-refractivity contribution is 6.30. The summed E-state index contributed by atoms with van der Waals surface area (Å²) in [7, 11) is 0. The van der Waals surface area contributed by atoms with Gasteiger partial charge in [-0.25, -0.2) is 4.98 Å². The molecule has 3 rings (SSSR count). The number of nitrogens with one attached hydrogen (secondary N) is 1. The minimum atomic E-state index is 0.152. The van der Waals surface area contributed by atoms with Crippen molar-refractivity contribution in [3.05, 3.63) is 76.2 Å². The molecule has 0 saturated heterocycles. The van der Waals surface area contributed by atoms with Gasteiger partial charge in [0.05, 0.1) is 12.7 Å². The lowest BCUT2D eigenvalue weighted by Gasteiger charge is -2.13. The van der Waals surface area contributed by atoms with Crippen molar-refractivity contribution in [2.45, 2.75) is 19.5 Å². The number of hydrogen-bond acceptors (Lipinski definition) is 3. The van der Waals surface area contributed by atoms with Crippen molar-refractivity contribution in [2.75, 3.05) is 0 Å². The van der Waals surface area contributed by atoms with Crippen LogP contribution in [0.2, 0.25) is 10.0 Å². The van der Waals surface area contributed by atoms with E-state index in [4.69, 9.17) is 27.6 Å². The van der Waals surface area contributed by atoms with Gasteiger partial charge in [-0.3, -0.25) is 0 Å². The van der Waals surface area contributed by atoms with Gasteiger partial charge in [0.2, 0.25) is 5.89 Å². The summed E-state index contributed by atoms with van der Waals surface area (Å²) in [6.07, 6.45) is 1.73. The Morgan fingerprint density at radius 2 is 1.87 bits per heavy atom. The van der Waals surface area contributed by atoms with Crippen LogP contribution < -0.4 is 5.32 Å². The van der Waals surface area contributed by atoms with E-state index >= 15 is 0 Å². The molecular weight excluding hydrogens is 331 g/mol. The van der Waals surface area contributed by atoms with Gasteiger partial charge in [-0.15, -0.1) is 0 Å². The van der Waals surface area contributed by atoms with Crippen molar-refractivity contribution in [2.24, 2.45) is 0 Å². The molecule has 0 aliphatic rings. The number of rotatable bonds is 5. The van der Waals surface area contributed by atoms with E-state index in [1.165, 1.54) is 0 Å². The lowest BCUT2D eigenvalue weighted by molar-refractivity contribution is 0.454. The number of aromatic nitrogens is 1. The molecular formula is C18H16Cl2N2O. The number of oxazole rings is 1. The van der Waals surface area contributed by atoms with E-state index in [2.05, 4.69) is 17.2 Å². The molecule has 1 aromatic heterocycles. The minimum absolute atomic E-state index is 0.152. The van der Waals surface area contributed by atoms with Crippen LogP contribution in [0.5, 0.6) is 0 Å². The Morgan fingerprint density at radius 3 is 2.61 bits per heavy atom. The van der Waals surface area contributed by atoms with Gasteiger partial charge >= 0.3 is 0 Å². The van der Waals surface area contributed by atoms with Crippen molar-refractivity contribution >= 4 is 23.2 Å². The zero-order valence-electron chi connectivity index (χ0n) is 12.6. The van der Waals surface area contributed by atoms with E-state index in [-0.39, 0.29) is 6.04 Å². The van der Waals surface area contributed by atoms with E-state index in [1.54, 1.807) is 6.20 Å². The maximum Gasteiger partial charge on any atom is 0.208 e. The summed E-state index contributed by atoms with van der Waals surface area (Å²) in [6.45, 7) is 2.62. The average Bonchev–Trinajstić information content (AvgIpc) is 3.02. The Bertz CT molecular complexity index is 784. The maximum atomic E-state index is 6.02. The first-order valence-corrected chi connectivity index (χ1v) is 8.07. The summed E-state index contributed by atoms with van der Waals surface area (Å²) in [4.78, 5) is 4.31. The Kier molecular flexibility index (Phi) is 5.01. The van der Waals surface area contributed by atoms with Crippen molar-refractivity contribution < 1.29 is 4.42 Å². The molecule has 0 saturated carbocycles. The van der Waals surface area contributed by atoms with Gasteiger partial charge in [-0.1, -0.05) is 35.3 Å². The molecule has 1 unspecified atom stereocenters. The van der Waals surface area contributed by atoms with E-state index in [1.807, 2.05) is 48.5 Å². The molecule has 1 atom stereocenters. The van der Waals surface area contributed by atoms with Gasteiger partial charge < -0.3 is 9.73 Å². The van der Waals surface area contributed by atoms with Crippen LogP contribution in [-0.2, 0) is 6.54 Å². The van der Waals surface area contributed by atoms with Gasteiger partial charge in [0.25, 0.3) is 0 Å². The highest BCUT2D eigenvalue weighted by atomic mass is 35.5. The van der Waals surface area contributed by atoms with Crippen LogP contribution in [0.4, 0.5) is 0 Å². The number of benzene rings is 2. The third kappa shape index (κ3) is 4.14. The predicted molar refractivity (Wildman–Crippen MR) is 93.7 cm³/mol. The minimum Gasteiger partial charge on any atom is -0.439 e. The number of hydrogen-bond donors (Lipinski definition) is 1. The summed E-state index contributed by atoms with van der Waals surface area (Å²) in [5, 5.41) is 4.81. The SMILES string of the molecule is CC(NCc1ncc(-c2ccc(Cl)cc2)o1)c1cccc(Cl)c1. The summed E-state index contributed by atoms with van der Waals surface area (Å²) < 4.78 is 5.78. The molecule has 0 amide bonds. The fraction of sp³-hybridized carbons (Fsp3) is 0.167. The molecule has 0 aliphatic carbocycles. The summed E-state index contributed by atoms with van der Waals surface area (Å²) >= 11 is 11.9. The molecule has 0 spiro atoms. The van der Waals surface area contributed by atoms with Gasteiger partial charge in [0.15, 0.2) is 5.76 Å². The second kappa shape index (κ2) is 7.18. The first kappa shape index (κ1) is 16.1. The van der Waals surface area contributed by atoms with Crippen molar-refractivity contribution in [1.29, 1.82) is 0 Å². The van der Waals surface area contributed by atoms with Crippen LogP contribution in [0, 0.1) is 0 Å². The molecule has 1 N–H and O–H groups in total. The third-order valence-electron chi connectivity index (χ3n) is 3.59. The Balaban J connectivity index is 1.64. The standard InChI is InChI=1S/C18H16Cl2N2O/c1-12(14-3-2-4-16(20)9-14)21-11-18-22-10-17(23-18)13-5-7-15(19)8-6-13/h2-10,12,21H,11H2,1H3. The molecule has 0 bridgehead atoms. The highest BCUT2D eigenvalue weighted by Crippen LogP contribution is 2.23. The van der Waals surface area contributed by atoms with Crippen LogP contribution in [0.1, 0.15) is 24.4 Å². The van der Waals surface area contributed by atoms with Gasteiger partial charge in [0, 0.05) is 21.7 Å². The maximum absolute atomic E-state index is 6.02. The zero-order chi connectivity index (χ0) is 16.2. The molecule has 3 nitrogen and oxygen atoms in total. The van der Waals surface area contributed by atoms with Crippen LogP contribution in [0.3, 0.4) is 0 Å². The quantitative estimate of drug-likeness (QED) is 0.662. The summed E-state index contributed by atoms with van der Waals surface area (Å²) in [5.41, 5.74) is 2.08. The first-order valence-electron chi connectivity index (χ1n) is 7.31. The molecule has 0 aliphatic heterocycles. The predicted octanol–water partition coefficient (Wildman–Crippen LogP) is 5.50. The molecule has 1 heterocycles. The molecule has 118 valence electrons. The van der Waals surface area contributed by atoms with Crippen LogP contribution in [0.25, 0.3) is 11.3 Å². The molecule has 0 fully saturated rings. The van der Waals surface area contributed by atoms with E-state index < -0.39 is 0 Å². The third-order valence-corrected chi connectivity index (χ3v) is 4.08. The van der Waals surface area contributed by atoms with E-state index in [0.717, 1.165) is 21.9 Å². The molecule has 23 heavy (non-hydrogen) atoms. The number of nitrogens with zero attached hydrogens (tertiary/aromatic N) is 1. The normalized spacial score (nSPS) is 12.3. The van der Waals surface area contributed by atoms with E-state index in [0.29, 0.717) is 17.5 Å². The molecule has 0 radical (unpaired) electrons. The fourth-order valence-electron chi connectivity index (χ4n) is 2.27. The Morgan fingerprint density at radius 1 is 1.09 bits per heavy atom. The fourth-order valence-corrected chi connectivity index (χ4v) is 2.60. The summed E-state index contributed by atoms with van der Waals surface area (Å²) in [5.74, 6) is 1.37. The zero-order valence-corrected chi connectivity index (χ0v) is 14.1. The highest BCUT2D eigenvalue weighted by Gasteiger charge is 2.09. The van der Waals surface area contributed by atoms with Gasteiger partial charge in [0.1, 0.15) is 0 Å². The molecule has 2 aromatic carbocycles. The second-order valence-electron chi connectivity index (χ2n) is 5.28. The van der Waals surface area contributed by atoms with Gasteiger partial charge in [-0.05, 0) is 48.9 Å². The first-order chi connectivity index (χ1) is 11.1. The smallest absolute Gasteiger partial charge is 0.208 e. The lowest BCUT2D eigenvalue weighted by Crippen LogP contribution is -2.18. The summed E-state index contributed by atoms with van der Waals surface area (Å²) in [6, 6.07) is 15.4. The number of halogens is 2. The van der Waals surface area contributed by atoms with Crippen molar-refractivity contribution in [3.8, 4) is 11.3 Å². The van der Waals surface area contributed by atoms with Crippen molar-refractivity contribution in [3.63, 3.8) is 0 Å². The lowest BCUT2D eigenvalue weighted by atomic mass is 10.1. The monoisotopic (exact) mass is 346 g/mol. The Hall–Kier alpha value is -1.81. The Labute approximate surface area is 145 Å².